The molecular formula is C36H32N4O6S. The van der Waals surface area contributed by atoms with E-state index in [2.05, 4.69) is 4.99 Å². The molecule has 5 aromatic rings. The van der Waals surface area contributed by atoms with Crippen LogP contribution in [-0.2, 0) is 14.3 Å². The minimum atomic E-state index is -0.809. The van der Waals surface area contributed by atoms with Crippen molar-refractivity contribution in [2.75, 3.05) is 13.2 Å². The fraction of sp³-hybridized carbons (Fsp3) is 0.194. The molecule has 11 heteroatoms. The molecule has 3 heterocycles. The summed E-state index contributed by atoms with van der Waals surface area (Å²) < 4.78 is 20.0. The van der Waals surface area contributed by atoms with Crippen LogP contribution in [0.5, 0.6) is 11.5 Å². The van der Waals surface area contributed by atoms with Crippen LogP contribution in [0.3, 0.4) is 0 Å². The summed E-state index contributed by atoms with van der Waals surface area (Å²) in [5.41, 5.74) is 4.17. The van der Waals surface area contributed by atoms with Crippen molar-refractivity contribution >= 4 is 29.4 Å². The third-order valence-electron chi connectivity index (χ3n) is 7.46. The van der Waals surface area contributed by atoms with Crippen LogP contribution < -0.4 is 24.4 Å². The van der Waals surface area contributed by atoms with E-state index in [0.29, 0.717) is 38.6 Å². The molecule has 6 rings (SSSR count). The summed E-state index contributed by atoms with van der Waals surface area (Å²) >= 11 is 1.23. The van der Waals surface area contributed by atoms with Crippen LogP contribution in [0.1, 0.15) is 44.9 Å². The van der Waals surface area contributed by atoms with E-state index in [1.165, 1.54) is 22.8 Å². The first-order valence-electron chi connectivity index (χ1n) is 15.1. The summed E-state index contributed by atoms with van der Waals surface area (Å²) in [5.74, 6) is 0.0967. The second-order valence-corrected chi connectivity index (χ2v) is 11.6. The predicted molar refractivity (Wildman–Crippen MR) is 178 cm³/mol. The van der Waals surface area contributed by atoms with Crippen molar-refractivity contribution in [3.63, 3.8) is 0 Å². The zero-order valence-corrected chi connectivity index (χ0v) is 27.1. The molecule has 238 valence electrons. The van der Waals surface area contributed by atoms with Gasteiger partial charge in [0.1, 0.15) is 17.2 Å². The third-order valence-corrected chi connectivity index (χ3v) is 8.45. The van der Waals surface area contributed by atoms with E-state index < -0.39 is 18.0 Å². The number of rotatable bonds is 9. The van der Waals surface area contributed by atoms with Crippen LogP contribution in [0, 0.1) is 0 Å². The van der Waals surface area contributed by atoms with Crippen molar-refractivity contribution in [3.8, 4) is 28.4 Å². The molecule has 2 aromatic heterocycles. The molecule has 10 nitrogen and oxygen atoms in total. The molecule has 0 radical (unpaired) electrons. The van der Waals surface area contributed by atoms with Crippen LogP contribution in [0.25, 0.3) is 23.0 Å². The highest BCUT2D eigenvalue weighted by molar-refractivity contribution is 7.07. The minimum Gasteiger partial charge on any atom is -0.494 e. The number of thiazole rings is 1. The number of hydrogen-bond donors (Lipinski definition) is 0. The number of nitrogens with zero attached hydrogens (tertiary/aromatic N) is 4. The molecule has 1 aliphatic heterocycles. The number of ether oxygens (including phenoxy) is 3. The zero-order chi connectivity index (χ0) is 33.1. The summed E-state index contributed by atoms with van der Waals surface area (Å²) in [4.78, 5) is 44.2. The standard InChI is InChI=1S/C36H32N4O6S/c1-5-44-28-16-12-24(13-17-28)32-26(21-39(38-32)27-10-8-7-9-11-27)20-30-34(42)40-33(25-14-18-29(19-15-25)46-23(4)41)31(35(43)45-6-2)22(3)37-36(40)47-30/h7-21,33H,5-6H2,1-4H3/b30-20-/t33-/m0/s1. The first kappa shape index (κ1) is 31.4. The smallest absolute Gasteiger partial charge is 0.338 e. The maximum atomic E-state index is 14.3. The van der Waals surface area contributed by atoms with Crippen molar-refractivity contribution in [1.82, 2.24) is 14.3 Å². The lowest BCUT2D eigenvalue weighted by Crippen LogP contribution is -2.39. The Morgan fingerprint density at radius 1 is 0.936 bits per heavy atom. The Balaban J connectivity index is 1.52. The zero-order valence-electron chi connectivity index (χ0n) is 26.3. The molecule has 0 bridgehead atoms. The number of esters is 2. The molecule has 3 aromatic carbocycles. The first-order chi connectivity index (χ1) is 22.8. The highest BCUT2D eigenvalue weighted by Gasteiger charge is 2.33. The van der Waals surface area contributed by atoms with Gasteiger partial charge in [-0.15, -0.1) is 0 Å². The average molecular weight is 649 g/mol. The minimum absolute atomic E-state index is 0.165. The number of benzene rings is 3. The Kier molecular flexibility index (Phi) is 8.99. The van der Waals surface area contributed by atoms with E-state index in [-0.39, 0.29) is 17.7 Å². The van der Waals surface area contributed by atoms with E-state index in [0.717, 1.165) is 22.6 Å². The van der Waals surface area contributed by atoms with Crippen molar-refractivity contribution in [1.29, 1.82) is 0 Å². The van der Waals surface area contributed by atoms with Crippen LogP contribution in [-0.4, -0.2) is 39.5 Å². The van der Waals surface area contributed by atoms with Gasteiger partial charge < -0.3 is 14.2 Å². The van der Waals surface area contributed by atoms with Crippen LogP contribution in [0.2, 0.25) is 0 Å². The molecule has 0 N–H and O–H groups in total. The van der Waals surface area contributed by atoms with Gasteiger partial charge in [0, 0.05) is 24.2 Å². The number of hydrogen-bond acceptors (Lipinski definition) is 9. The van der Waals surface area contributed by atoms with Gasteiger partial charge >= 0.3 is 11.9 Å². The van der Waals surface area contributed by atoms with Gasteiger partial charge in [-0.2, -0.15) is 5.10 Å². The number of carbonyl (C=O) groups excluding carboxylic acids is 2. The summed E-state index contributed by atoms with van der Waals surface area (Å²) in [6.07, 6.45) is 3.70. The summed E-state index contributed by atoms with van der Waals surface area (Å²) in [7, 11) is 0. The summed E-state index contributed by atoms with van der Waals surface area (Å²) in [5, 5.41) is 4.90. The van der Waals surface area contributed by atoms with Gasteiger partial charge in [-0.05, 0) is 80.9 Å². The average Bonchev–Trinajstić information content (AvgIpc) is 3.62. The quantitative estimate of drug-likeness (QED) is 0.164. The SMILES string of the molecule is CCOC(=O)C1=C(C)N=c2s/c(=C\c3cn(-c4ccccc4)nc3-c3ccc(OCC)cc3)c(=O)n2[C@H]1c1ccc(OC(C)=O)cc1. The van der Waals surface area contributed by atoms with Gasteiger partial charge in [-0.3, -0.25) is 14.2 Å². The number of aromatic nitrogens is 3. The molecule has 0 fully saturated rings. The lowest BCUT2D eigenvalue weighted by Gasteiger charge is -2.24. The second-order valence-electron chi connectivity index (χ2n) is 10.6. The molecule has 0 unspecified atom stereocenters. The van der Waals surface area contributed by atoms with Gasteiger partial charge in [-0.1, -0.05) is 41.7 Å². The van der Waals surface area contributed by atoms with Gasteiger partial charge in [0.2, 0.25) is 0 Å². The maximum absolute atomic E-state index is 14.3. The summed E-state index contributed by atoms with van der Waals surface area (Å²) in [6.45, 7) is 7.44. The van der Waals surface area contributed by atoms with Crippen LogP contribution in [0.4, 0.5) is 0 Å². The van der Waals surface area contributed by atoms with Crippen LogP contribution >= 0.6 is 11.3 Å². The Morgan fingerprint density at radius 2 is 1.64 bits per heavy atom. The van der Waals surface area contributed by atoms with Gasteiger partial charge in [-0.25, -0.2) is 14.5 Å². The number of allylic oxidation sites excluding steroid dienone is 1. The largest absolute Gasteiger partial charge is 0.494 e. The second kappa shape index (κ2) is 13.4. The molecule has 0 saturated heterocycles. The Hall–Kier alpha value is -5.55. The van der Waals surface area contributed by atoms with E-state index in [1.54, 1.807) is 42.8 Å². The molecule has 47 heavy (non-hydrogen) atoms. The Bertz CT molecular complexity index is 2160. The van der Waals surface area contributed by atoms with Gasteiger partial charge in [0.25, 0.3) is 5.56 Å². The van der Waals surface area contributed by atoms with Crippen LogP contribution in [0.15, 0.2) is 106 Å². The Labute approximate surface area is 274 Å². The van der Waals surface area contributed by atoms with Crippen molar-refractivity contribution in [2.45, 2.75) is 33.7 Å². The topological polar surface area (TPSA) is 114 Å². The number of carbonyl (C=O) groups is 2. The number of fused-ring (bicyclic) bond motifs is 1. The van der Waals surface area contributed by atoms with E-state index in [4.69, 9.17) is 19.3 Å². The molecule has 0 amide bonds. The maximum Gasteiger partial charge on any atom is 0.338 e. The molecule has 0 saturated carbocycles. The molecule has 1 atom stereocenters. The van der Waals surface area contributed by atoms with Gasteiger partial charge in [0.15, 0.2) is 4.80 Å². The van der Waals surface area contributed by atoms with E-state index >= 15 is 0 Å². The molecule has 0 aliphatic carbocycles. The van der Waals surface area contributed by atoms with Crippen molar-refractivity contribution < 1.29 is 23.8 Å². The molecular weight excluding hydrogens is 616 g/mol. The third kappa shape index (κ3) is 6.43. The Morgan fingerprint density at radius 3 is 2.30 bits per heavy atom. The fourth-order valence-electron chi connectivity index (χ4n) is 5.44. The van der Waals surface area contributed by atoms with Gasteiger partial charge in [0.05, 0.1) is 40.7 Å². The lowest BCUT2D eigenvalue weighted by atomic mass is 9.96. The van der Waals surface area contributed by atoms with Crippen molar-refractivity contribution in [3.05, 3.63) is 127 Å². The van der Waals surface area contributed by atoms with E-state index in [9.17, 15) is 14.4 Å². The summed E-state index contributed by atoms with van der Waals surface area (Å²) in [6, 6.07) is 23.3. The highest BCUT2D eigenvalue weighted by Crippen LogP contribution is 2.32. The molecule has 0 spiro atoms. The van der Waals surface area contributed by atoms with Crippen molar-refractivity contribution in [2.24, 2.45) is 4.99 Å². The highest BCUT2D eigenvalue weighted by atomic mass is 32.1. The first-order valence-corrected chi connectivity index (χ1v) is 16.0. The monoisotopic (exact) mass is 648 g/mol. The van der Waals surface area contributed by atoms with E-state index in [1.807, 2.05) is 73.8 Å². The lowest BCUT2D eigenvalue weighted by molar-refractivity contribution is -0.139. The molecule has 1 aliphatic rings. The number of para-hydroxylation sites is 1. The predicted octanol–water partition coefficient (Wildman–Crippen LogP) is 4.98. The normalized spacial score (nSPS) is 14.4. The fourth-order valence-corrected chi connectivity index (χ4v) is 6.48.